The molecule has 39 heavy (non-hydrogen) atoms. The molecule has 0 fully saturated rings. The van der Waals surface area contributed by atoms with E-state index in [4.69, 9.17) is 27.9 Å². The van der Waals surface area contributed by atoms with Crippen LogP contribution in [0.4, 0.5) is 5.69 Å². The van der Waals surface area contributed by atoms with E-state index in [-0.39, 0.29) is 34.1 Å². The number of hydrogen-bond donors (Lipinski definition) is 1. The Labute approximate surface area is 239 Å². The summed E-state index contributed by atoms with van der Waals surface area (Å²) in [6.07, 6.45) is 0. The summed E-state index contributed by atoms with van der Waals surface area (Å²) in [5.41, 5.74) is 0.852. The van der Waals surface area contributed by atoms with Crippen LogP contribution in [-0.2, 0) is 26.2 Å². The number of amides is 2. The van der Waals surface area contributed by atoms with E-state index >= 15 is 0 Å². The fraction of sp³-hybridized carbons (Fsp3) is 0.286. The van der Waals surface area contributed by atoms with Crippen LogP contribution in [0.15, 0.2) is 77.7 Å². The number of sulfonamides is 1. The number of carbonyl (C=O) groups excluding carboxylic acids is 2. The zero-order valence-corrected chi connectivity index (χ0v) is 24.4. The van der Waals surface area contributed by atoms with E-state index in [9.17, 15) is 18.0 Å². The Morgan fingerprint density at radius 3 is 2.23 bits per heavy atom. The van der Waals surface area contributed by atoms with Crippen LogP contribution in [0.1, 0.15) is 26.3 Å². The molecular formula is C28H31Cl2N3O5S. The van der Waals surface area contributed by atoms with Gasteiger partial charge in [-0.25, -0.2) is 8.42 Å². The molecule has 0 aromatic heterocycles. The van der Waals surface area contributed by atoms with Crippen LogP contribution in [-0.4, -0.2) is 50.9 Å². The second-order valence-electron chi connectivity index (χ2n) is 9.13. The zero-order valence-electron chi connectivity index (χ0n) is 22.1. The molecule has 8 nitrogen and oxygen atoms in total. The van der Waals surface area contributed by atoms with Gasteiger partial charge >= 0.3 is 0 Å². The number of hydrogen-bond acceptors (Lipinski definition) is 5. The monoisotopic (exact) mass is 591 g/mol. The van der Waals surface area contributed by atoms with Gasteiger partial charge in [-0.05, 0) is 68.8 Å². The third kappa shape index (κ3) is 7.65. The number of nitrogens with zero attached hydrogens (tertiary/aromatic N) is 2. The van der Waals surface area contributed by atoms with Crippen LogP contribution in [0.25, 0.3) is 0 Å². The summed E-state index contributed by atoms with van der Waals surface area (Å²) in [6, 6.07) is 18.1. The van der Waals surface area contributed by atoms with Crippen molar-refractivity contribution in [2.24, 2.45) is 0 Å². The minimum atomic E-state index is -4.20. The number of methoxy groups -OCH3 is 1. The van der Waals surface area contributed by atoms with Gasteiger partial charge in [0.2, 0.25) is 11.8 Å². The minimum Gasteiger partial charge on any atom is -0.495 e. The largest absolute Gasteiger partial charge is 0.495 e. The van der Waals surface area contributed by atoms with Crippen molar-refractivity contribution < 1.29 is 22.7 Å². The number of halogens is 2. The highest BCUT2D eigenvalue weighted by atomic mass is 35.5. The smallest absolute Gasteiger partial charge is 0.264 e. The van der Waals surface area contributed by atoms with Crippen molar-refractivity contribution in [1.29, 1.82) is 0 Å². The highest BCUT2D eigenvalue weighted by Gasteiger charge is 2.33. The molecule has 3 rings (SSSR count). The fourth-order valence-corrected chi connectivity index (χ4v) is 5.77. The second-order valence-corrected chi connectivity index (χ2v) is 11.8. The van der Waals surface area contributed by atoms with Crippen LogP contribution in [0.3, 0.4) is 0 Å². The molecule has 0 spiro atoms. The predicted octanol–water partition coefficient (Wildman–Crippen LogP) is 5.14. The first-order valence-corrected chi connectivity index (χ1v) is 14.4. The van der Waals surface area contributed by atoms with Crippen LogP contribution in [0.2, 0.25) is 10.0 Å². The lowest BCUT2D eigenvalue weighted by atomic mass is 10.1. The molecule has 1 atom stereocenters. The topological polar surface area (TPSA) is 96.0 Å². The van der Waals surface area contributed by atoms with Gasteiger partial charge in [-0.3, -0.25) is 13.9 Å². The normalized spacial score (nSPS) is 12.1. The molecule has 2 amide bonds. The van der Waals surface area contributed by atoms with Gasteiger partial charge < -0.3 is 15.0 Å². The molecular weight excluding hydrogens is 561 g/mol. The Hall–Kier alpha value is -3.27. The first-order chi connectivity index (χ1) is 18.4. The maximum atomic E-state index is 13.9. The fourth-order valence-electron chi connectivity index (χ4n) is 3.88. The molecule has 0 aliphatic heterocycles. The SMILES string of the molecule is COc1ccc(N(CC(=O)N(Cc2cccc(Cl)c2)C(C)C(=O)NC(C)C)S(=O)(=O)c2ccccc2)cc1Cl. The Balaban J connectivity index is 2.06. The standard InChI is InChI=1S/C28H31Cl2N3O5S/c1-19(2)31-28(35)20(3)32(17-21-9-8-10-22(29)15-21)27(34)18-33(23-13-14-26(38-4)25(30)16-23)39(36,37)24-11-6-5-7-12-24/h5-16,19-20H,17-18H2,1-4H3,(H,31,35). The zero-order chi connectivity index (χ0) is 28.7. The minimum absolute atomic E-state index is 0.00303. The van der Waals surface area contributed by atoms with Crippen molar-refractivity contribution in [3.05, 3.63) is 88.4 Å². The average molecular weight is 593 g/mol. The molecule has 0 radical (unpaired) electrons. The number of benzene rings is 3. The van der Waals surface area contributed by atoms with Crippen molar-refractivity contribution >= 4 is 50.7 Å². The number of ether oxygens (including phenoxy) is 1. The van der Waals surface area contributed by atoms with E-state index in [1.807, 2.05) is 13.8 Å². The second kappa shape index (κ2) is 13.2. The van der Waals surface area contributed by atoms with Gasteiger partial charge in [-0.2, -0.15) is 0 Å². The van der Waals surface area contributed by atoms with Crippen molar-refractivity contribution in [2.45, 2.75) is 44.3 Å². The van der Waals surface area contributed by atoms with Gasteiger partial charge in [0.05, 0.1) is 22.7 Å². The van der Waals surface area contributed by atoms with Crippen LogP contribution < -0.4 is 14.4 Å². The van der Waals surface area contributed by atoms with Gasteiger partial charge in [0.15, 0.2) is 0 Å². The van der Waals surface area contributed by atoms with E-state index in [2.05, 4.69) is 5.32 Å². The third-order valence-corrected chi connectivity index (χ3v) is 8.19. The molecule has 1 unspecified atom stereocenters. The van der Waals surface area contributed by atoms with E-state index < -0.39 is 28.5 Å². The van der Waals surface area contributed by atoms with Gasteiger partial charge in [-0.1, -0.05) is 53.5 Å². The maximum Gasteiger partial charge on any atom is 0.264 e. The summed E-state index contributed by atoms with van der Waals surface area (Å²) in [6.45, 7) is 4.68. The highest BCUT2D eigenvalue weighted by Crippen LogP contribution is 2.32. The number of nitrogens with one attached hydrogen (secondary N) is 1. The van der Waals surface area contributed by atoms with Gasteiger partial charge in [-0.15, -0.1) is 0 Å². The molecule has 11 heteroatoms. The van der Waals surface area contributed by atoms with Crippen LogP contribution in [0, 0.1) is 0 Å². The molecule has 1 N–H and O–H groups in total. The summed E-state index contributed by atoms with van der Waals surface area (Å²) < 4.78 is 33.8. The molecule has 3 aromatic rings. The first-order valence-electron chi connectivity index (χ1n) is 12.2. The molecule has 0 saturated carbocycles. The van der Waals surface area contributed by atoms with Gasteiger partial charge in [0.25, 0.3) is 10.0 Å². The number of rotatable bonds is 11. The Bertz CT molecular complexity index is 1420. The van der Waals surface area contributed by atoms with Crippen molar-refractivity contribution in [1.82, 2.24) is 10.2 Å². The van der Waals surface area contributed by atoms with Gasteiger partial charge in [0, 0.05) is 17.6 Å². The lowest BCUT2D eigenvalue weighted by Crippen LogP contribution is -2.52. The third-order valence-electron chi connectivity index (χ3n) is 5.87. The van der Waals surface area contributed by atoms with Crippen LogP contribution >= 0.6 is 23.2 Å². The van der Waals surface area contributed by atoms with Crippen molar-refractivity contribution in [2.75, 3.05) is 18.0 Å². The maximum absolute atomic E-state index is 13.9. The molecule has 208 valence electrons. The van der Waals surface area contributed by atoms with E-state index in [0.29, 0.717) is 16.3 Å². The summed E-state index contributed by atoms with van der Waals surface area (Å²) in [5, 5.41) is 3.46. The lowest BCUT2D eigenvalue weighted by Gasteiger charge is -2.32. The molecule has 0 heterocycles. The van der Waals surface area contributed by atoms with E-state index in [1.165, 1.54) is 42.3 Å². The summed E-state index contributed by atoms with van der Waals surface area (Å²) in [4.78, 5) is 28.2. The van der Waals surface area contributed by atoms with Crippen molar-refractivity contribution in [3.63, 3.8) is 0 Å². The number of carbonyl (C=O) groups is 2. The average Bonchev–Trinajstić information content (AvgIpc) is 2.90. The predicted molar refractivity (Wildman–Crippen MR) is 154 cm³/mol. The van der Waals surface area contributed by atoms with E-state index in [0.717, 1.165) is 4.31 Å². The lowest BCUT2D eigenvalue weighted by molar-refractivity contribution is -0.139. The van der Waals surface area contributed by atoms with Crippen LogP contribution in [0.5, 0.6) is 5.75 Å². The molecule has 3 aromatic carbocycles. The molecule has 0 aliphatic carbocycles. The molecule has 0 saturated heterocycles. The highest BCUT2D eigenvalue weighted by molar-refractivity contribution is 7.92. The molecule has 0 aliphatic rings. The van der Waals surface area contributed by atoms with E-state index in [1.54, 1.807) is 49.4 Å². The van der Waals surface area contributed by atoms with Crippen molar-refractivity contribution in [3.8, 4) is 5.75 Å². The summed E-state index contributed by atoms with van der Waals surface area (Å²) >= 11 is 12.5. The first kappa shape index (κ1) is 30.3. The van der Waals surface area contributed by atoms with Gasteiger partial charge in [0.1, 0.15) is 18.3 Å². The summed E-state index contributed by atoms with van der Waals surface area (Å²) in [7, 11) is -2.75. The molecule has 0 bridgehead atoms. The summed E-state index contributed by atoms with van der Waals surface area (Å²) in [5.74, 6) is -0.608. The number of anilines is 1. The Morgan fingerprint density at radius 1 is 0.949 bits per heavy atom. The Kier molecular flexibility index (Phi) is 10.2. The Morgan fingerprint density at radius 2 is 1.64 bits per heavy atom. The quantitative estimate of drug-likeness (QED) is 0.333.